The highest BCUT2D eigenvalue weighted by atomic mass is 19.1. The van der Waals surface area contributed by atoms with Gasteiger partial charge in [0.05, 0.1) is 12.2 Å². The summed E-state index contributed by atoms with van der Waals surface area (Å²) < 4.78 is 19.8. The van der Waals surface area contributed by atoms with Crippen molar-refractivity contribution in [2.24, 2.45) is 5.92 Å². The van der Waals surface area contributed by atoms with Crippen LogP contribution in [0.25, 0.3) is 0 Å². The van der Waals surface area contributed by atoms with Crippen molar-refractivity contribution in [3.8, 4) is 0 Å². The van der Waals surface area contributed by atoms with E-state index < -0.39 is 5.82 Å². The van der Waals surface area contributed by atoms with Gasteiger partial charge >= 0.3 is 0 Å². The van der Waals surface area contributed by atoms with Crippen molar-refractivity contribution in [3.05, 3.63) is 35.1 Å². The Kier molecular flexibility index (Phi) is 5.25. The lowest BCUT2D eigenvalue weighted by Gasteiger charge is -2.27. The van der Waals surface area contributed by atoms with E-state index in [0.717, 1.165) is 31.7 Å². The van der Waals surface area contributed by atoms with E-state index >= 15 is 0 Å². The van der Waals surface area contributed by atoms with E-state index in [4.69, 9.17) is 4.74 Å². The summed E-state index contributed by atoms with van der Waals surface area (Å²) in [4.78, 5) is 14.2. The van der Waals surface area contributed by atoms with Gasteiger partial charge < -0.3 is 20.3 Å². The number of hydrogen-bond acceptors (Lipinski definition) is 4. The van der Waals surface area contributed by atoms with Crippen molar-refractivity contribution in [3.63, 3.8) is 0 Å². The maximum atomic E-state index is 14.5. The number of amides is 1. The molecular weight excluding hydrogens is 297 g/mol. The fraction of sp³-hybridized carbons (Fsp3) is 0.588. The number of halogens is 1. The Hall–Kier alpha value is -1.50. The lowest BCUT2D eigenvalue weighted by molar-refractivity contribution is 0.0731. The normalized spacial score (nSPS) is 24.9. The first-order valence-corrected chi connectivity index (χ1v) is 8.20. The highest BCUT2D eigenvalue weighted by molar-refractivity contribution is 5.94. The second-order valence-corrected chi connectivity index (χ2v) is 6.26. The van der Waals surface area contributed by atoms with Crippen LogP contribution in [0.2, 0.25) is 0 Å². The highest BCUT2D eigenvalue weighted by Crippen LogP contribution is 2.29. The topological polar surface area (TPSA) is 53.6 Å². The van der Waals surface area contributed by atoms with Crippen LogP contribution in [0.5, 0.6) is 0 Å². The van der Waals surface area contributed by atoms with E-state index in [0.29, 0.717) is 25.6 Å². The number of nitrogens with one attached hydrogen (secondary N) is 2. The molecule has 1 amide bonds. The second-order valence-electron chi connectivity index (χ2n) is 6.26. The molecule has 2 aliphatic heterocycles. The van der Waals surface area contributed by atoms with Crippen molar-refractivity contribution in [2.75, 3.05) is 53.0 Å². The molecule has 2 saturated heterocycles. The lowest BCUT2D eigenvalue weighted by Crippen LogP contribution is -2.46. The molecule has 2 heterocycles. The van der Waals surface area contributed by atoms with Gasteiger partial charge in [-0.25, -0.2) is 4.39 Å². The van der Waals surface area contributed by atoms with Gasteiger partial charge in [0.2, 0.25) is 0 Å². The van der Waals surface area contributed by atoms with Gasteiger partial charge in [0.1, 0.15) is 5.82 Å². The summed E-state index contributed by atoms with van der Waals surface area (Å²) in [6.45, 7) is 5.13. The van der Waals surface area contributed by atoms with E-state index in [1.54, 1.807) is 18.1 Å². The van der Waals surface area contributed by atoms with Crippen molar-refractivity contribution in [1.82, 2.24) is 15.5 Å². The smallest absolute Gasteiger partial charge is 0.256 e. The van der Waals surface area contributed by atoms with Gasteiger partial charge in [0, 0.05) is 58.2 Å². The van der Waals surface area contributed by atoms with E-state index in [9.17, 15) is 9.18 Å². The molecule has 2 atom stereocenters. The minimum atomic E-state index is -0.422. The average Bonchev–Trinajstić information content (AvgIpc) is 3.03. The fourth-order valence-corrected chi connectivity index (χ4v) is 3.49. The first-order chi connectivity index (χ1) is 11.2. The number of methoxy groups -OCH3 is 1. The summed E-state index contributed by atoms with van der Waals surface area (Å²) in [7, 11) is 1.69. The molecule has 23 heavy (non-hydrogen) atoms. The third-order valence-electron chi connectivity index (χ3n) is 4.78. The summed E-state index contributed by atoms with van der Waals surface area (Å²) in [6, 6.07) is 5.05. The number of rotatable bonds is 4. The summed E-state index contributed by atoms with van der Waals surface area (Å²) in [5, 5.41) is 6.52. The first-order valence-electron chi connectivity index (χ1n) is 8.20. The molecule has 3 rings (SSSR count). The second kappa shape index (κ2) is 7.38. The lowest BCUT2D eigenvalue weighted by atomic mass is 9.89. The molecule has 0 spiro atoms. The van der Waals surface area contributed by atoms with Crippen LogP contribution in [0, 0.1) is 11.7 Å². The van der Waals surface area contributed by atoms with Crippen LogP contribution < -0.4 is 10.6 Å². The number of carbonyl (C=O) groups excluding carboxylic acids is 1. The number of carbonyl (C=O) groups is 1. The third kappa shape index (κ3) is 3.54. The van der Waals surface area contributed by atoms with E-state index in [-0.39, 0.29) is 17.4 Å². The molecule has 0 bridgehead atoms. The van der Waals surface area contributed by atoms with Gasteiger partial charge in [0.15, 0.2) is 0 Å². The van der Waals surface area contributed by atoms with E-state index in [1.807, 2.05) is 6.07 Å². The molecule has 2 aliphatic rings. The SMILES string of the molecule is COCC1CNC[C@H]1c1ccc(C(=O)N2CCNCC2)c(F)c1. The van der Waals surface area contributed by atoms with Gasteiger partial charge in [-0.2, -0.15) is 0 Å². The predicted octanol–water partition coefficient (Wildman–Crippen LogP) is 0.821. The highest BCUT2D eigenvalue weighted by Gasteiger charge is 2.29. The number of ether oxygens (including phenoxy) is 1. The summed E-state index contributed by atoms with van der Waals surface area (Å²) in [5.74, 6) is -0.0652. The van der Waals surface area contributed by atoms with Gasteiger partial charge in [-0.15, -0.1) is 0 Å². The Bertz CT molecular complexity index is 561. The van der Waals surface area contributed by atoms with Crippen LogP contribution in [-0.2, 0) is 4.74 Å². The fourth-order valence-electron chi connectivity index (χ4n) is 3.49. The number of piperazine rings is 1. The summed E-state index contributed by atoms with van der Waals surface area (Å²) in [6.07, 6.45) is 0. The maximum absolute atomic E-state index is 14.5. The standard InChI is InChI=1S/C17H24FN3O2/c1-23-11-13-9-20-10-15(13)12-2-3-14(16(18)8-12)17(22)21-6-4-19-5-7-21/h2-3,8,13,15,19-20H,4-7,9-11H2,1H3/t13?,15-/m0/s1. The monoisotopic (exact) mass is 321 g/mol. The molecular formula is C17H24FN3O2. The van der Waals surface area contributed by atoms with E-state index in [1.165, 1.54) is 6.07 Å². The Morgan fingerprint density at radius 1 is 1.30 bits per heavy atom. The van der Waals surface area contributed by atoms with Crippen LogP contribution in [-0.4, -0.2) is 63.8 Å². The zero-order valence-corrected chi connectivity index (χ0v) is 13.5. The minimum Gasteiger partial charge on any atom is -0.384 e. The average molecular weight is 321 g/mol. The summed E-state index contributed by atoms with van der Waals surface area (Å²) in [5.41, 5.74) is 1.11. The number of benzene rings is 1. The maximum Gasteiger partial charge on any atom is 0.256 e. The molecule has 1 unspecified atom stereocenters. The molecule has 2 N–H and O–H groups in total. The summed E-state index contributed by atoms with van der Waals surface area (Å²) >= 11 is 0. The molecule has 0 aromatic heterocycles. The van der Waals surface area contributed by atoms with Crippen LogP contribution in [0.4, 0.5) is 4.39 Å². The quantitative estimate of drug-likeness (QED) is 0.862. The van der Waals surface area contributed by atoms with Crippen LogP contribution >= 0.6 is 0 Å². The Morgan fingerprint density at radius 3 is 2.78 bits per heavy atom. The number of nitrogens with zero attached hydrogens (tertiary/aromatic N) is 1. The molecule has 0 radical (unpaired) electrons. The van der Waals surface area contributed by atoms with Crippen molar-refractivity contribution in [2.45, 2.75) is 5.92 Å². The zero-order chi connectivity index (χ0) is 16.2. The molecule has 126 valence electrons. The Labute approximate surface area is 136 Å². The Balaban J connectivity index is 1.76. The molecule has 1 aromatic rings. The Morgan fingerprint density at radius 2 is 2.09 bits per heavy atom. The van der Waals surface area contributed by atoms with Crippen LogP contribution in [0.1, 0.15) is 21.8 Å². The number of hydrogen-bond donors (Lipinski definition) is 2. The predicted molar refractivity (Wildman–Crippen MR) is 86.1 cm³/mol. The van der Waals surface area contributed by atoms with Crippen LogP contribution in [0.15, 0.2) is 18.2 Å². The van der Waals surface area contributed by atoms with Crippen molar-refractivity contribution in [1.29, 1.82) is 0 Å². The van der Waals surface area contributed by atoms with Gasteiger partial charge in [-0.3, -0.25) is 4.79 Å². The molecule has 6 heteroatoms. The minimum absolute atomic E-state index is 0.171. The van der Waals surface area contributed by atoms with Crippen molar-refractivity contribution >= 4 is 5.91 Å². The molecule has 0 saturated carbocycles. The van der Waals surface area contributed by atoms with Crippen LogP contribution in [0.3, 0.4) is 0 Å². The largest absolute Gasteiger partial charge is 0.384 e. The van der Waals surface area contributed by atoms with Gasteiger partial charge in [-0.1, -0.05) is 6.07 Å². The molecule has 1 aromatic carbocycles. The molecule has 5 nitrogen and oxygen atoms in total. The van der Waals surface area contributed by atoms with Gasteiger partial charge in [-0.05, 0) is 17.7 Å². The zero-order valence-electron chi connectivity index (χ0n) is 13.5. The molecule has 0 aliphatic carbocycles. The van der Waals surface area contributed by atoms with Crippen molar-refractivity contribution < 1.29 is 13.9 Å². The van der Waals surface area contributed by atoms with E-state index in [2.05, 4.69) is 10.6 Å². The molecule has 2 fully saturated rings. The first kappa shape index (κ1) is 16.4. The van der Waals surface area contributed by atoms with Gasteiger partial charge in [0.25, 0.3) is 5.91 Å². The third-order valence-corrected chi connectivity index (χ3v) is 4.78.